The Morgan fingerprint density at radius 2 is 2.36 bits per heavy atom. The molecule has 2 fully saturated rings. The smallest absolute Gasteiger partial charge is 0.254 e. The van der Waals surface area contributed by atoms with Gasteiger partial charge in [-0.2, -0.15) is 0 Å². The SMILES string of the molecule is CCN1C(=O)C2(CC2)NC1=S. The molecule has 1 aliphatic heterocycles. The molecule has 0 aromatic rings. The van der Waals surface area contributed by atoms with Crippen molar-refractivity contribution in [2.24, 2.45) is 0 Å². The van der Waals surface area contributed by atoms with Gasteiger partial charge in [-0.1, -0.05) is 0 Å². The number of rotatable bonds is 1. The van der Waals surface area contributed by atoms with Gasteiger partial charge < -0.3 is 5.32 Å². The number of carbonyl (C=O) groups is 1. The van der Waals surface area contributed by atoms with Crippen molar-refractivity contribution in [1.82, 2.24) is 10.2 Å². The normalized spacial score (nSPS) is 26.1. The quantitative estimate of drug-likeness (QED) is 0.573. The largest absolute Gasteiger partial charge is 0.348 e. The molecule has 1 saturated carbocycles. The zero-order valence-electron chi connectivity index (χ0n) is 6.39. The lowest BCUT2D eigenvalue weighted by atomic mass is 10.3. The fourth-order valence-corrected chi connectivity index (χ4v) is 1.83. The number of amides is 1. The predicted octanol–water partition coefficient (Wildman–Crippen LogP) is 0.256. The van der Waals surface area contributed by atoms with Crippen LogP contribution in [0.5, 0.6) is 0 Å². The van der Waals surface area contributed by atoms with E-state index in [9.17, 15) is 4.79 Å². The first-order valence-corrected chi connectivity index (χ1v) is 4.24. The minimum absolute atomic E-state index is 0.171. The van der Waals surface area contributed by atoms with Gasteiger partial charge in [0.25, 0.3) is 5.91 Å². The van der Waals surface area contributed by atoms with E-state index in [-0.39, 0.29) is 11.4 Å². The van der Waals surface area contributed by atoms with E-state index >= 15 is 0 Å². The fraction of sp³-hybridized carbons (Fsp3) is 0.714. The molecular weight excluding hydrogens is 160 g/mol. The third-order valence-corrected chi connectivity index (χ3v) is 2.63. The molecule has 60 valence electrons. The number of carbonyl (C=O) groups excluding carboxylic acids is 1. The molecule has 1 spiro atoms. The van der Waals surface area contributed by atoms with Crippen molar-refractivity contribution in [3.05, 3.63) is 0 Å². The van der Waals surface area contributed by atoms with E-state index < -0.39 is 0 Å². The molecule has 1 aliphatic carbocycles. The number of thiocarbonyl (C=S) groups is 1. The second-order valence-corrected chi connectivity index (χ2v) is 3.45. The Balaban J connectivity index is 2.25. The van der Waals surface area contributed by atoms with E-state index in [4.69, 9.17) is 12.2 Å². The Labute approximate surface area is 70.7 Å². The highest BCUT2D eigenvalue weighted by molar-refractivity contribution is 7.80. The Bertz CT molecular complexity index is 235. The summed E-state index contributed by atoms with van der Waals surface area (Å²) in [5, 5.41) is 3.67. The van der Waals surface area contributed by atoms with E-state index in [2.05, 4.69) is 5.32 Å². The summed E-state index contributed by atoms with van der Waals surface area (Å²) in [6.45, 7) is 2.62. The molecule has 0 radical (unpaired) electrons. The van der Waals surface area contributed by atoms with Gasteiger partial charge in [0.05, 0.1) is 0 Å². The molecule has 0 bridgehead atoms. The predicted molar refractivity (Wildman–Crippen MR) is 45.1 cm³/mol. The molecule has 0 atom stereocenters. The summed E-state index contributed by atoms with van der Waals surface area (Å²) in [5.41, 5.74) is -0.257. The highest BCUT2D eigenvalue weighted by Crippen LogP contribution is 2.40. The molecule has 3 nitrogen and oxygen atoms in total. The van der Waals surface area contributed by atoms with Crippen LogP contribution in [-0.4, -0.2) is 28.0 Å². The van der Waals surface area contributed by atoms with E-state index in [1.54, 1.807) is 4.90 Å². The average molecular weight is 170 g/mol. The zero-order valence-corrected chi connectivity index (χ0v) is 7.20. The molecule has 1 N–H and O–H groups in total. The highest BCUT2D eigenvalue weighted by atomic mass is 32.1. The van der Waals surface area contributed by atoms with Gasteiger partial charge in [-0.25, -0.2) is 0 Å². The van der Waals surface area contributed by atoms with Crippen LogP contribution >= 0.6 is 12.2 Å². The number of hydrogen-bond donors (Lipinski definition) is 1. The van der Waals surface area contributed by atoms with Crippen molar-refractivity contribution >= 4 is 23.2 Å². The Morgan fingerprint density at radius 3 is 2.64 bits per heavy atom. The number of nitrogens with one attached hydrogen (secondary N) is 1. The van der Waals surface area contributed by atoms with Crippen molar-refractivity contribution in [2.45, 2.75) is 25.3 Å². The summed E-state index contributed by atoms with van der Waals surface area (Å²) >= 11 is 5.00. The van der Waals surface area contributed by atoms with Crippen LogP contribution in [0.3, 0.4) is 0 Å². The fourth-order valence-electron chi connectivity index (χ4n) is 1.43. The first kappa shape index (κ1) is 7.03. The highest BCUT2D eigenvalue weighted by Gasteiger charge is 2.57. The van der Waals surface area contributed by atoms with Crippen LogP contribution in [-0.2, 0) is 4.79 Å². The maximum absolute atomic E-state index is 11.5. The maximum atomic E-state index is 11.5. The lowest BCUT2D eigenvalue weighted by Crippen LogP contribution is -2.32. The van der Waals surface area contributed by atoms with Crippen LogP contribution < -0.4 is 5.32 Å². The molecular formula is C7H10N2OS. The van der Waals surface area contributed by atoms with Gasteiger partial charge in [-0.3, -0.25) is 9.69 Å². The van der Waals surface area contributed by atoms with Gasteiger partial charge in [0.2, 0.25) is 0 Å². The third kappa shape index (κ3) is 0.788. The molecule has 1 amide bonds. The molecule has 0 aromatic carbocycles. The summed E-state index contributed by atoms with van der Waals surface area (Å²) in [4.78, 5) is 13.1. The van der Waals surface area contributed by atoms with E-state index in [1.165, 1.54) is 0 Å². The maximum Gasteiger partial charge on any atom is 0.254 e. The number of likely N-dealkylation sites (N-methyl/N-ethyl adjacent to an activating group) is 1. The number of hydrogen-bond acceptors (Lipinski definition) is 2. The van der Waals surface area contributed by atoms with E-state index in [1.807, 2.05) is 6.92 Å². The first-order valence-electron chi connectivity index (χ1n) is 3.84. The zero-order chi connectivity index (χ0) is 8.06. The van der Waals surface area contributed by atoms with Crippen LogP contribution in [0.1, 0.15) is 19.8 Å². The summed E-state index contributed by atoms with van der Waals surface area (Å²) in [7, 11) is 0. The minimum atomic E-state index is -0.257. The molecule has 11 heavy (non-hydrogen) atoms. The van der Waals surface area contributed by atoms with Crippen molar-refractivity contribution in [3.8, 4) is 0 Å². The second-order valence-electron chi connectivity index (χ2n) is 3.06. The molecule has 0 unspecified atom stereocenters. The summed E-state index contributed by atoms with van der Waals surface area (Å²) in [6, 6.07) is 0. The first-order chi connectivity index (χ1) is 5.19. The molecule has 2 rings (SSSR count). The summed E-state index contributed by atoms with van der Waals surface area (Å²) in [6.07, 6.45) is 1.89. The van der Waals surface area contributed by atoms with Crippen molar-refractivity contribution in [2.75, 3.05) is 6.54 Å². The summed E-state index contributed by atoms with van der Waals surface area (Å²) < 4.78 is 0. The van der Waals surface area contributed by atoms with Gasteiger partial charge in [-0.05, 0) is 32.0 Å². The third-order valence-electron chi connectivity index (χ3n) is 2.31. The molecule has 1 saturated heterocycles. The molecule has 1 heterocycles. The van der Waals surface area contributed by atoms with Crippen molar-refractivity contribution in [3.63, 3.8) is 0 Å². The summed E-state index contributed by atoms with van der Waals surface area (Å²) in [5.74, 6) is 0.171. The minimum Gasteiger partial charge on any atom is -0.348 e. The van der Waals surface area contributed by atoms with E-state index in [0.717, 1.165) is 12.8 Å². The topological polar surface area (TPSA) is 32.3 Å². The van der Waals surface area contributed by atoms with Crippen LogP contribution in [0, 0.1) is 0 Å². The second kappa shape index (κ2) is 1.94. The van der Waals surface area contributed by atoms with Crippen LogP contribution in [0.2, 0.25) is 0 Å². The van der Waals surface area contributed by atoms with Gasteiger partial charge in [0.15, 0.2) is 5.11 Å². The Morgan fingerprint density at radius 1 is 1.73 bits per heavy atom. The molecule has 4 heteroatoms. The standard InChI is InChI=1S/C7H10N2OS/c1-2-9-5(10)7(3-4-7)8-6(9)11/h2-4H2,1H3,(H,8,11). The van der Waals surface area contributed by atoms with Crippen LogP contribution in [0.4, 0.5) is 0 Å². The van der Waals surface area contributed by atoms with Crippen molar-refractivity contribution in [1.29, 1.82) is 0 Å². The monoisotopic (exact) mass is 170 g/mol. The lowest BCUT2D eigenvalue weighted by molar-refractivity contribution is -0.127. The van der Waals surface area contributed by atoms with Gasteiger partial charge in [0.1, 0.15) is 5.54 Å². The van der Waals surface area contributed by atoms with Gasteiger partial charge >= 0.3 is 0 Å². The average Bonchev–Trinajstić information content (AvgIpc) is 2.65. The van der Waals surface area contributed by atoms with Gasteiger partial charge in [0, 0.05) is 6.54 Å². The molecule has 2 aliphatic rings. The van der Waals surface area contributed by atoms with E-state index in [0.29, 0.717) is 11.7 Å². The van der Waals surface area contributed by atoms with Crippen molar-refractivity contribution < 1.29 is 4.79 Å². The number of nitrogens with zero attached hydrogens (tertiary/aromatic N) is 1. The molecule has 0 aromatic heterocycles. The van der Waals surface area contributed by atoms with Gasteiger partial charge in [-0.15, -0.1) is 0 Å². The lowest BCUT2D eigenvalue weighted by Gasteiger charge is -2.09. The Kier molecular flexibility index (Phi) is 1.24. The Hall–Kier alpha value is -0.640. The van der Waals surface area contributed by atoms with Crippen LogP contribution in [0.15, 0.2) is 0 Å². The van der Waals surface area contributed by atoms with Crippen LogP contribution in [0.25, 0.3) is 0 Å².